The number of carbonyl (C=O) groups is 1. The molecule has 12 heavy (non-hydrogen) atoms. The first-order valence-corrected chi connectivity index (χ1v) is 4.34. The van der Waals surface area contributed by atoms with Crippen molar-refractivity contribution in [1.29, 1.82) is 0 Å². The molecule has 0 bridgehead atoms. The van der Waals surface area contributed by atoms with Crippen molar-refractivity contribution in [2.75, 3.05) is 6.61 Å². The molecule has 0 heterocycles. The summed E-state index contributed by atoms with van der Waals surface area (Å²) < 4.78 is 0. The van der Waals surface area contributed by atoms with Crippen LogP contribution < -0.4 is 5.48 Å². The smallest absolute Gasteiger partial charge is 0.240 e. The molecule has 0 spiro atoms. The van der Waals surface area contributed by atoms with E-state index in [9.17, 15) is 4.79 Å². The normalized spacial score (nSPS) is 22.2. The van der Waals surface area contributed by atoms with Gasteiger partial charge in [-0.15, -0.1) is 0 Å². The molecule has 1 N–H and O–H groups in total. The summed E-state index contributed by atoms with van der Waals surface area (Å²) in [4.78, 5) is 15.4. The fraction of sp³-hybridized carbons (Fsp3) is 0.667. The summed E-state index contributed by atoms with van der Waals surface area (Å²) in [6.45, 7) is 2.03. The van der Waals surface area contributed by atoms with Crippen LogP contribution in [0, 0.1) is 5.92 Å². The number of hydroxylamine groups is 1. The van der Waals surface area contributed by atoms with Gasteiger partial charge in [0.15, 0.2) is 0 Å². The monoisotopic (exact) mass is 169 g/mol. The van der Waals surface area contributed by atoms with Crippen LogP contribution in [0.5, 0.6) is 0 Å². The second-order valence-corrected chi connectivity index (χ2v) is 3.09. The lowest BCUT2D eigenvalue weighted by Crippen LogP contribution is -2.23. The molecular formula is C9H15NO2. The van der Waals surface area contributed by atoms with E-state index in [0.29, 0.717) is 12.5 Å². The van der Waals surface area contributed by atoms with Crippen LogP contribution in [-0.2, 0) is 9.63 Å². The van der Waals surface area contributed by atoms with Gasteiger partial charge in [0.25, 0.3) is 0 Å². The van der Waals surface area contributed by atoms with Crippen LogP contribution in [0.3, 0.4) is 0 Å². The number of allylic oxidation sites excluding steroid dienone is 1. The van der Waals surface area contributed by atoms with Gasteiger partial charge in [0, 0.05) is 12.8 Å². The molecule has 68 valence electrons. The molecule has 0 unspecified atom stereocenters. The number of rotatable bonds is 3. The molecular weight excluding hydrogens is 154 g/mol. The highest BCUT2D eigenvalue weighted by Gasteiger charge is 2.08. The van der Waals surface area contributed by atoms with Crippen molar-refractivity contribution in [1.82, 2.24) is 5.48 Å². The van der Waals surface area contributed by atoms with Crippen molar-refractivity contribution >= 4 is 5.91 Å². The van der Waals surface area contributed by atoms with Crippen molar-refractivity contribution in [3.8, 4) is 0 Å². The Morgan fingerprint density at radius 3 is 3.17 bits per heavy atom. The molecule has 0 saturated carbocycles. The van der Waals surface area contributed by atoms with Gasteiger partial charge in [0.2, 0.25) is 5.91 Å². The molecule has 1 aliphatic carbocycles. The predicted molar refractivity (Wildman–Crippen MR) is 46.2 cm³/mol. The fourth-order valence-electron chi connectivity index (χ4n) is 1.27. The number of hydrogen-bond acceptors (Lipinski definition) is 2. The van der Waals surface area contributed by atoms with Crippen LogP contribution in [0.2, 0.25) is 0 Å². The summed E-state index contributed by atoms with van der Waals surface area (Å²) in [6, 6.07) is 0. The van der Waals surface area contributed by atoms with Crippen LogP contribution in [0.15, 0.2) is 12.2 Å². The Morgan fingerprint density at radius 1 is 1.75 bits per heavy atom. The second kappa shape index (κ2) is 4.93. The summed E-state index contributed by atoms with van der Waals surface area (Å²) in [6.07, 6.45) is 7.90. The third-order valence-corrected chi connectivity index (χ3v) is 1.87. The first kappa shape index (κ1) is 9.26. The highest BCUT2D eigenvalue weighted by molar-refractivity contribution is 5.71. The van der Waals surface area contributed by atoms with Crippen molar-refractivity contribution in [2.45, 2.75) is 26.2 Å². The van der Waals surface area contributed by atoms with Crippen LogP contribution >= 0.6 is 0 Å². The molecule has 1 rings (SSSR count). The summed E-state index contributed by atoms with van der Waals surface area (Å²) in [7, 11) is 0. The zero-order valence-electron chi connectivity index (χ0n) is 7.38. The van der Waals surface area contributed by atoms with Gasteiger partial charge < -0.3 is 0 Å². The molecule has 3 nitrogen and oxygen atoms in total. The highest BCUT2D eigenvalue weighted by atomic mass is 16.6. The SMILES string of the molecule is CC(=O)NOC[C@H]1C=CCCC1. The molecule has 0 aliphatic heterocycles. The standard InChI is InChI=1S/C9H15NO2/c1-8(11)10-12-7-9-5-3-2-4-6-9/h3,5,9H,2,4,6-7H2,1H3,(H,10,11)/t9-/m0/s1. The summed E-state index contributed by atoms with van der Waals surface area (Å²) in [5.74, 6) is 0.334. The summed E-state index contributed by atoms with van der Waals surface area (Å²) in [5, 5.41) is 0. The Labute approximate surface area is 72.7 Å². The van der Waals surface area contributed by atoms with E-state index in [4.69, 9.17) is 4.84 Å². The largest absolute Gasteiger partial charge is 0.273 e. The van der Waals surface area contributed by atoms with Crippen molar-refractivity contribution < 1.29 is 9.63 Å². The Bertz CT molecular complexity index is 177. The van der Waals surface area contributed by atoms with Crippen LogP contribution in [0.1, 0.15) is 26.2 Å². The maximum atomic E-state index is 10.4. The highest BCUT2D eigenvalue weighted by Crippen LogP contribution is 2.16. The van der Waals surface area contributed by atoms with E-state index < -0.39 is 0 Å². The summed E-state index contributed by atoms with van der Waals surface area (Å²) >= 11 is 0. The number of nitrogens with one attached hydrogen (secondary N) is 1. The van der Waals surface area contributed by atoms with Gasteiger partial charge in [0.1, 0.15) is 0 Å². The Kier molecular flexibility index (Phi) is 3.80. The lowest BCUT2D eigenvalue weighted by atomic mass is 9.97. The van der Waals surface area contributed by atoms with Crippen molar-refractivity contribution in [3.05, 3.63) is 12.2 Å². The van der Waals surface area contributed by atoms with Crippen LogP contribution in [0.4, 0.5) is 0 Å². The minimum absolute atomic E-state index is 0.144. The van der Waals surface area contributed by atoms with Crippen molar-refractivity contribution in [2.24, 2.45) is 5.92 Å². The van der Waals surface area contributed by atoms with Gasteiger partial charge in [-0.2, -0.15) is 0 Å². The van der Waals surface area contributed by atoms with E-state index in [1.165, 1.54) is 19.8 Å². The molecule has 1 aliphatic rings. The number of amides is 1. The molecule has 0 aromatic rings. The van der Waals surface area contributed by atoms with E-state index >= 15 is 0 Å². The van der Waals surface area contributed by atoms with Gasteiger partial charge in [-0.05, 0) is 19.3 Å². The van der Waals surface area contributed by atoms with Crippen LogP contribution in [-0.4, -0.2) is 12.5 Å². The molecule has 3 heteroatoms. The van der Waals surface area contributed by atoms with Gasteiger partial charge in [0.05, 0.1) is 6.61 Å². The molecule has 0 saturated heterocycles. The van der Waals surface area contributed by atoms with E-state index in [1.807, 2.05) is 0 Å². The molecule has 0 aromatic heterocycles. The third kappa shape index (κ3) is 3.53. The molecule has 0 fully saturated rings. The minimum Gasteiger partial charge on any atom is -0.273 e. The topological polar surface area (TPSA) is 38.3 Å². The Hall–Kier alpha value is -0.830. The maximum absolute atomic E-state index is 10.4. The number of carbonyl (C=O) groups excluding carboxylic acids is 1. The number of hydrogen-bond donors (Lipinski definition) is 1. The maximum Gasteiger partial charge on any atom is 0.240 e. The minimum atomic E-state index is -0.144. The zero-order valence-corrected chi connectivity index (χ0v) is 7.38. The molecule has 0 aromatic carbocycles. The summed E-state index contributed by atoms with van der Waals surface area (Å²) in [5.41, 5.74) is 2.32. The molecule has 0 radical (unpaired) electrons. The fourth-order valence-corrected chi connectivity index (χ4v) is 1.27. The van der Waals surface area contributed by atoms with E-state index in [1.54, 1.807) is 0 Å². The molecule has 1 atom stereocenters. The quantitative estimate of drug-likeness (QED) is 0.512. The van der Waals surface area contributed by atoms with Crippen LogP contribution in [0.25, 0.3) is 0 Å². The van der Waals surface area contributed by atoms with Gasteiger partial charge >= 0.3 is 0 Å². The molecule has 1 amide bonds. The van der Waals surface area contributed by atoms with E-state index in [0.717, 1.165) is 6.42 Å². The Balaban J connectivity index is 2.09. The van der Waals surface area contributed by atoms with Gasteiger partial charge in [-0.25, -0.2) is 5.48 Å². The first-order chi connectivity index (χ1) is 5.79. The van der Waals surface area contributed by atoms with Gasteiger partial charge in [-0.1, -0.05) is 12.2 Å². The Morgan fingerprint density at radius 2 is 2.58 bits per heavy atom. The lowest BCUT2D eigenvalue weighted by Gasteiger charge is -2.15. The van der Waals surface area contributed by atoms with E-state index in [2.05, 4.69) is 17.6 Å². The zero-order chi connectivity index (χ0) is 8.81. The third-order valence-electron chi connectivity index (χ3n) is 1.87. The average molecular weight is 169 g/mol. The average Bonchev–Trinajstić information content (AvgIpc) is 2.05. The van der Waals surface area contributed by atoms with E-state index in [-0.39, 0.29) is 5.91 Å². The van der Waals surface area contributed by atoms with Crippen molar-refractivity contribution in [3.63, 3.8) is 0 Å². The van der Waals surface area contributed by atoms with Gasteiger partial charge in [-0.3, -0.25) is 9.63 Å². The predicted octanol–water partition coefficient (Wildman–Crippen LogP) is 1.41. The lowest BCUT2D eigenvalue weighted by molar-refractivity contribution is -0.132. The first-order valence-electron chi connectivity index (χ1n) is 4.34. The second-order valence-electron chi connectivity index (χ2n) is 3.09.